The van der Waals surface area contributed by atoms with E-state index in [0.29, 0.717) is 6.42 Å². The van der Waals surface area contributed by atoms with Crippen molar-refractivity contribution < 1.29 is 14.6 Å². The number of hydrogen-bond donors (Lipinski definition) is 1. The second kappa shape index (κ2) is 5.40. The van der Waals surface area contributed by atoms with E-state index >= 15 is 0 Å². The van der Waals surface area contributed by atoms with Crippen LogP contribution < -0.4 is 4.74 Å². The van der Waals surface area contributed by atoms with Crippen molar-refractivity contribution in [2.75, 3.05) is 7.11 Å². The van der Waals surface area contributed by atoms with Crippen LogP contribution in [0.25, 0.3) is 5.69 Å². The highest BCUT2D eigenvalue weighted by Crippen LogP contribution is 2.18. The van der Waals surface area contributed by atoms with E-state index in [4.69, 9.17) is 9.84 Å². The summed E-state index contributed by atoms with van der Waals surface area (Å²) in [5.41, 5.74) is 1.99. The number of methoxy groups -OCH3 is 1. The van der Waals surface area contributed by atoms with Gasteiger partial charge in [-0.25, -0.2) is 0 Å². The van der Waals surface area contributed by atoms with Gasteiger partial charge in [0, 0.05) is 17.6 Å². The number of carboxylic acid groups (broad SMARTS) is 1. The maximum absolute atomic E-state index is 10.6. The van der Waals surface area contributed by atoms with Gasteiger partial charge < -0.3 is 14.4 Å². The molecule has 1 heterocycles. The predicted molar refractivity (Wildman–Crippen MR) is 68.3 cm³/mol. The van der Waals surface area contributed by atoms with Crippen molar-refractivity contribution in [2.24, 2.45) is 0 Å². The molecule has 0 fully saturated rings. The third-order valence-electron chi connectivity index (χ3n) is 2.78. The second-order valence-corrected chi connectivity index (χ2v) is 3.96. The van der Waals surface area contributed by atoms with Gasteiger partial charge in [-0.3, -0.25) is 4.79 Å². The number of aliphatic carboxylic acids is 1. The maximum Gasteiger partial charge on any atom is 0.303 e. The van der Waals surface area contributed by atoms with E-state index < -0.39 is 5.97 Å². The van der Waals surface area contributed by atoms with Gasteiger partial charge in [-0.1, -0.05) is 0 Å². The first kappa shape index (κ1) is 12.2. The van der Waals surface area contributed by atoms with Crippen LogP contribution in [0.2, 0.25) is 0 Å². The van der Waals surface area contributed by atoms with Crippen LogP contribution in [0, 0.1) is 0 Å². The van der Waals surface area contributed by atoms with Crippen molar-refractivity contribution in [2.45, 2.75) is 12.8 Å². The van der Waals surface area contributed by atoms with Crippen LogP contribution in [0.15, 0.2) is 42.6 Å². The molecule has 0 radical (unpaired) electrons. The summed E-state index contributed by atoms with van der Waals surface area (Å²) >= 11 is 0. The Balaban J connectivity index is 2.21. The Morgan fingerprint density at radius 3 is 2.61 bits per heavy atom. The minimum absolute atomic E-state index is 0.139. The van der Waals surface area contributed by atoms with Gasteiger partial charge in [-0.15, -0.1) is 0 Å². The monoisotopic (exact) mass is 245 g/mol. The average molecular weight is 245 g/mol. The number of rotatable bonds is 5. The molecule has 0 aliphatic rings. The van der Waals surface area contributed by atoms with Gasteiger partial charge in [0.2, 0.25) is 0 Å². The second-order valence-electron chi connectivity index (χ2n) is 3.96. The summed E-state index contributed by atoms with van der Waals surface area (Å²) in [5.74, 6) is 0.0236. The number of aromatic nitrogens is 1. The summed E-state index contributed by atoms with van der Waals surface area (Å²) < 4.78 is 7.10. The van der Waals surface area contributed by atoms with Crippen LogP contribution in [0.4, 0.5) is 0 Å². The lowest BCUT2D eigenvalue weighted by Crippen LogP contribution is -2.03. The van der Waals surface area contributed by atoms with Crippen LogP contribution in [0.1, 0.15) is 12.1 Å². The molecule has 4 nitrogen and oxygen atoms in total. The Hall–Kier alpha value is -2.23. The molecular formula is C14H15NO3. The lowest BCUT2D eigenvalue weighted by atomic mass is 10.2. The average Bonchev–Trinajstić information content (AvgIpc) is 2.85. The van der Waals surface area contributed by atoms with Crippen molar-refractivity contribution in [3.05, 3.63) is 48.3 Å². The zero-order chi connectivity index (χ0) is 13.0. The topological polar surface area (TPSA) is 51.5 Å². The Kier molecular flexibility index (Phi) is 3.67. The number of carboxylic acids is 1. The molecule has 0 unspecified atom stereocenters. The third kappa shape index (κ3) is 2.71. The minimum atomic E-state index is -0.780. The third-order valence-corrected chi connectivity index (χ3v) is 2.78. The molecule has 0 aliphatic heterocycles. The van der Waals surface area contributed by atoms with Crippen molar-refractivity contribution in [1.29, 1.82) is 0 Å². The van der Waals surface area contributed by atoms with Gasteiger partial charge >= 0.3 is 5.97 Å². The Morgan fingerprint density at radius 2 is 2.00 bits per heavy atom. The largest absolute Gasteiger partial charge is 0.497 e. The quantitative estimate of drug-likeness (QED) is 0.880. The van der Waals surface area contributed by atoms with E-state index in [-0.39, 0.29) is 6.42 Å². The molecule has 2 rings (SSSR count). The van der Waals surface area contributed by atoms with Crippen molar-refractivity contribution in [3.8, 4) is 11.4 Å². The van der Waals surface area contributed by atoms with Gasteiger partial charge in [0.25, 0.3) is 0 Å². The molecule has 0 amide bonds. The summed E-state index contributed by atoms with van der Waals surface area (Å²) in [6, 6.07) is 11.5. The highest BCUT2D eigenvalue weighted by Gasteiger charge is 2.05. The first-order chi connectivity index (χ1) is 8.70. The van der Waals surface area contributed by atoms with Gasteiger partial charge in [0.05, 0.1) is 13.5 Å². The van der Waals surface area contributed by atoms with Crippen LogP contribution in [0.3, 0.4) is 0 Å². The molecule has 0 saturated heterocycles. The Bertz CT molecular complexity index is 528. The minimum Gasteiger partial charge on any atom is -0.497 e. The molecule has 2 aromatic rings. The highest BCUT2D eigenvalue weighted by atomic mass is 16.5. The first-order valence-electron chi connectivity index (χ1n) is 5.73. The van der Waals surface area contributed by atoms with E-state index in [1.54, 1.807) is 7.11 Å². The number of carbonyl (C=O) groups is 1. The number of ether oxygens (including phenoxy) is 1. The Labute approximate surface area is 105 Å². The van der Waals surface area contributed by atoms with E-state index in [0.717, 1.165) is 17.1 Å². The molecule has 18 heavy (non-hydrogen) atoms. The fraction of sp³-hybridized carbons (Fsp3) is 0.214. The standard InChI is InChI=1S/C14H15NO3/c1-18-13-7-4-12(5-8-13)15-10-2-3-11(15)6-9-14(16)17/h2-5,7-8,10H,6,9H2,1H3,(H,16,17). The van der Waals surface area contributed by atoms with E-state index in [9.17, 15) is 4.79 Å². The van der Waals surface area contributed by atoms with Crippen molar-refractivity contribution in [3.63, 3.8) is 0 Å². The lowest BCUT2D eigenvalue weighted by molar-refractivity contribution is -0.136. The van der Waals surface area contributed by atoms with E-state index in [2.05, 4.69) is 0 Å². The molecule has 4 heteroatoms. The van der Waals surface area contributed by atoms with Crippen molar-refractivity contribution in [1.82, 2.24) is 4.57 Å². The van der Waals surface area contributed by atoms with Crippen LogP contribution in [-0.4, -0.2) is 22.8 Å². The lowest BCUT2D eigenvalue weighted by Gasteiger charge is -2.09. The number of benzene rings is 1. The van der Waals surface area contributed by atoms with Gasteiger partial charge in [-0.05, 0) is 42.8 Å². The molecule has 1 aromatic carbocycles. The zero-order valence-corrected chi connectivity index (χ0v) is 10.2. The van der Waals surface area contributed by atoms with E-state index in [1.165, 1.54) is 0 Å². The van der Waals surface area contributed by atoms with Crippen molar-refractivity contribution >= 4 is 5.97 Å². The predicted octanol–water partition coefficient (Wildman–Crippen LogP) is 2.50. The van der Waals surface area contributed by atoms with E-state index in [1.807, 2.05) is 47.2 Å². The molecule has 0 saturated carbocycles. The first-order valence-corrected chi connectivity index (χ1v) is 5.73. The number of nitrogens with zero attached hydrogens (tertiary/aromatic N) is 1. The number of aryl methyl sites for hydroxylation is 1. The molecule has 0 atom stereocenters. The van der Waals surface area contributed by atoms with Crippen LogP contribution in [0.5, 0.6) is 5.75 Å². The SMILES string of the molecule is COc1ccc(-n2cccc2CCC(=O)O)cc1. The normalized spacial score (nSPS) is 10.3. The highest BCUT2D eigenvalue weighted by molar-refractivity contribution is 5.67. The fourth-order valence-electron chi connectivity index (χ4n) is 1.85. The molecule has 0 spiro atoms. The summed E-state index contributed by atoms with van der Waals surface area (Å²) in [6.45, 7) is 0. The summed E-state index contributed by atoms with van der Waals surface area (Å²) in [5, 5.41) is 8.72. The maximum atomic E-state index is 10.6. The summed E-state index contributed by atoms with van der Waals surface area (Å²) in [7, 11) is 1.63. The zero-order valence-electron chi connectivity index (χ0n) is 10.2. The molecule has 0 bridgehead atoms. The summed E-state index contributed by atoms with van der Waals surface area (Å²) in [4.78, 5) is 10.6. The molecule has 0 aliphatic carbocycles. The van der Waals surface area contributed by atoms with Gasteiger partial charge in [-0.2, -0.15) is 0 Å². The molecule has 94 valence electrons. The van der Waals surface area contributed by atoms with Gasteiger partial charge in [0.15, 0.2) is 0 Å². The number of hydrogen-bond acceptors (Lipinski definition) is 2. The van der Waals surface area contributed by atoms with Crippen LogP contribution in [-0.2, 0) is 11.2 Å². The fourth-order valence-corrected chi connectivity index (χ4v) is 1.85. The Morgan fingerprint density at radius 1 is 1.28 bits per heavy atom. The summed E-state index contributed by atoms with van der Waals surface area (Å²) in [6.07, 6.45) is 2.59. The molecule has 1 N–H and O–H groups in total. The molecule has 1 aromatic heterocycles. The van der Waals surface area contributed by atoms with Gasteiger partial charge in [0.1, 0.15) is 5.75 Å². The van der Waals surface area contributed by atoms with Crippen LogP contribution >= 0.6 is 0 Å². The smallest absolute Gasteiger partial charge is 0.303 e. The molecular weight excluding hydrogens is 230 g/mol.